The second kappa shape index (κ2) is 7.36. The maximum Gasteiger partial charge on any atom is 0.272 e. The van der Waals surface area contributed by atoms with Crippen LogP contribution < -0.4 is 10.2 Å². The van der Waals surface area contributed by atoms with Crippen LogP contribution in [0.2, 0.25) is 0 Å². The molecule has 0 saturated carbocycles. The molecular formula is C17H17N3O4. The fourth-order valence-corrected chi connectivity index (χ4v) is 2.11. The Hall–Kier alpha value is -3.22. The summed E-state index contributed by atoms with van der Waals surface area (Å²) >= 11 is 0. The first-order valence-corrected chi connectivity index (χ1v) is 7.16. The van der Waals surface area contributed by atoms with Crippen molar-refractivity contribution in [1.82, 2.24) is 5.43 Å². The monoisotopic (exact) mass is 327 g/mol. The molecule has 0 radical (unpaired) electrons. The number of rotatable bonds is 5. The summed E-state index contributed by atoms with van der Waals surface area (Å²) in [5.41, 5.74) is 4.57. The second-order valence-corrected chi connectivity index (χ2v) is 5.13. The van der Waals surface area contributed by atoms with Crippen molar-refractivity contribution < 1.29 is 14.5 Å². The first kappa shape index (κ1) is 17.1. The average Bonchev–Trinajstić information content (AvgIpc) is 2.58. The quantitative estimate of drug-likeness (QED) is 0.519. The van der Waals surface area contributed by atoms with Gasteiger partial charge in [-0.15, -0.1) is 0 Å². The van der Waals surface area contributed by atoms with Gasteiger partial charge in [-0.25, -0.2) is 5.43 Å². The molecule has 24 heavy (non-hydrogen) atoms. The van der Waals surface area contributed by atoms with Crippen LogP contribution in [0.4, 0.5) is 5.69 Å². The minimum Gasteiger partial charge on any atom is -0.497 e. The number of hydrogen-bond acceptors (Lipinski definition) is 5. The van der Waals surface area contributed by atoms with Crippen molar-refractivity contribution >= 4 is 17.3 Å². The van der Waals surface area contributed by atoms with Gasteiger partial charge >= 0.3 is 0 Å². The van der Waals surface area contributed by atoms with Crippen molar-refractivity contribution in [3.63, 3.8) is 0 Å². The molecule has 0 heterocycles. The van der Waals surface area contributed by atoms with Gasteiger partial charge in [0, 0.05) is 22.8 Å². The number of aryl methyl sites for hydroxylation is 1. The summed E-state index contributed by atoms with van der Waals surface area (Å²) in [6, 6.07) is 11.5. The van der Waals surface area contributed by atoms with E-state index in [0.717, 1.165) is 5.56 Å². The molecule has 0 aliphatic rings. The summed E-state index contributed by atoms with van der Waals surface area (Å²) in [6.07, 6.45) is 0. The van der Waals surface area contributed by atoms with Gasteiger partial charge < -0.3 is 4.74 Å². The first-order valence-electron chi connectivity index (χ1n) is 7.16. The number of hydrazone groups is 1. The summed E-state index contributed by atoms with van der Waals surface area (Å²) in [7, 11) is 1.57. The molecule has 7 heteroatoms. The number of nitrogens with one attached hydrogen (secondary N) is 1. The molecule has 2 aromatic rings. The van der Waals surface area contributed by atoms with Crippen LogP contribution in [-0.2, 0) is 0 Å². The lowest BCUT2D eigenvalue weighted by molar-refractivity contribution is -0.385. The minimum atomic E-state index is -0.484. The van der Waals surface area contributed by atoms with Crippen molar-refractivity contribution in [2.24, 2.45) is 5.10 Å². The van der Waals surface area contributed by atoms with Gasteiger partial charge in [0.15, 0.2) is 0 Å². The normalized spacial score (nSPS) is 11.0. The van der Waals surface area contributed by atoms with E-state index in [1.165, 1.54) is 18.2 Å². The van der Waals surface area contributed by atoms with Crippen LogP contribution in [0.1, 0.15) is 28.4 Å². The number of nitro groups is 1. The highest BCUT2D eigenvalue weighted by Gasteiger charge is 2.13. The maximum atomic E-state index is 12.1. The van der Waals surface area contributed by atoms with E-state index >= 15 is 0 Å². The Morgan fingerprint density at radius 3 is 2.58 bits per heavy atom. The minimum absolute atomic E-state index is 0.0254. The van der Waals surface area contributed by atoms with E-state index in [-0.39, 0.29) is 5.69 Å². The lowest BCUT2D eigenvalue weighted by Crippen LogP contribution is -2.19. The number of amides is 1. The molecule has 0 aliphatic carbocycles. The van der Waals surface area contributed by atoms with Crippen LogP contribution >= 0.6 is 0 Å². The third-order valence-electron chi connectivity index (χ3n) is 3.47. The lowest BCUT2D eigenvalue weighted by Gasteiger charge is -2.06. The third-order valence-corrected chi connectivity index (χ3v) is 3.47. The van der Waals surface area contributed by atoms with Gasteiger partial charge in [0.2, 0.25) is 0 Å². The van der Waals surface area contributed by atoms with Crippen molar-refractivity contribution in [3.05, 3.63) is 69.3 Å². The summed E-state index contributed by atoms with van der Waals surface area (Å²) in [5.74, 6) is 0.259. The molecule has 1 N–H and O–H groups in total. The molecule has 0 bridgehead atoms. The number of hydrogen-bond donors (Lipinski definition) is 1. The zero-order valence-corrected chi connectivity index (χ0v) is 13.6. The highest BCUT2D eigenvalue weighted by atomic mass is 16.6. The maximum absolute atomic E-state index is 12.1. The zero-order valence-electron chi connectivity index (χ0n) is 13.6. The third kappa shape index (κ3) is 3.95. The van der Waals surface area contributed by atoms with Crippen LogP contribution in [0.3, 0.4) is 0 Å². The molecule has 0 aliphatic heterocycles. The number of carbonyl (C=O) groups is 1. The van der Waals surface area contributed by atoms with Gasteiger partial charge in [-0.05, 0) is 38.1 Å². The average molecular weight is 327 g/mol. The van der Waals surface area contributed by atoms with E-state index in [0.29, 0.717) is 22.6 Å². The van der Waals surface area contributed by atoms with E-state index in [2.05, 4.69) is 10.5 Å². The van der Waals surface area contributed by atoms with Crippen molar-refractivity contribution in [2.45, 2.75) is 13.8 Å². The summed E-state index contributed by atoms with van der Waals surface area (Å²) in [5, 5.41) is 14.9. The van der Waals surface area contributed by atoms with Gasteiger partial charge in [-0.1, -0.05) is 12.1 Å². The Labute approximate surface area is 139 Å². The lowest BCUT2D eigenvalue weighted by atomic mass is 10.1. The molecule has 2 rings (SSSR count). The fourth-order valence-electron chi connectivity index (χ4n) is 2.11. The van der Waals surface area contributed by atoms with E-state index < -0.39 is 10.8 Å². The molecule has 0 unspecified atom stereocenters. The molecule has 2 aromatic carbocycles. The van der Waals surface area contributed by atoms with Crippen LogP contribution in [0.5, 0.6) is 5.75 Å². The predicted octanol–water partition coefficient (Wildman–Crippen LogP) is 3.07. The van der Waals surface area contributed by atoms with Crippen LogP contribution in [0.25, 0.3) is 0 Å². The number of benzene rings is 2. The van der Waals surface area contributed by atoms with E-state index in [1.807, 2.05) is 18.2 Å². The van der Waals surface area contributed by atoms with Gasteiger partial charge in [-0.2, -0.15) is 5.10 Å². The smallest absolute Gasteiger partial charge is 0.272 e. The van der Waals surface area contributed by atoms with Crippen LogP contribution in [-0.4, -0.2) is 23.7 Å². The summed E-state index contributed by atoms with van der Waals surface area (Å²) < 4.78 is 5.15. The molecule has 1 amide bonds. The van der Waals surface area contributed by atoms with Crippen molar-refractivity contribution in [2.75, 3.05) is 7.11 Å². The topological polar surface area (TPSA) is 93.8 Å². The largest absolute Gasteiger partial charge is 0.497 e. The van der Waals surface area contributed by atoms with Gasteiger partial charge in [0.05, 0.1) is 17.7 Å². The summed E-state index contributed by atoms with van der Waals surface area (Å²) in [4.78, 5) is 22.4. The van der Waals surface area contributed by atoms with Crippen LogP contribution in [0, 0.1) is 17.0 Å². The molecule has 0 spiro atoms. The van der Waals surface area contributed by atoms with E-state index in [1.54, 1.807) is 27.0 Å². The zero-order chi connectivity index (χ0) is 17.7. The Balaban J connectivity index is 2.14. The Morgan fingerprint density at radius 1 is 1.21 bits per heavy atom. The molecular weight excluding hydrogens is 310 g/mol. The highest BCUT2D eigenvalue weighted by Crippen LogP contribution is 2.18. The molecule has 0 fully saturated rings. The number of nitro benzene ring substituents is 1. The molecule has 0 saturated heterocycles. The molecule has 7 nitrogen and oxygen atoms in total. The molecule has 0 aromatic heterocycles. The standard InChI is InChI=1S/C17H17N3O4/c1-11-9-14(7-8-16(11)20(22)23)17(21)19-18-12(2)13-5-4-6-15(10-13)24-3/h4-10H,1-3H3,(H,19,21). The van der Waals surface area contributed by atoms with E-state index in [9.17, 15) is 14.9 Å². The van der Waals surface area contributed by atoms with Gasteiger partial charge in [0.1, 0.15) is 5.75 Å². The van der Waals surface area contributed by atoms with Crippen molar-refractivity contribution in [1.29, 1.82) is 0 Å². The van der Waals surface area contributed by atoms with Gasteiger partial charge in [-0.3, -0.25) is 14.9 Å². The Morgan fingerprint density at radius 2 is 1.96 bits per heavy atom. The number of ether oxygens (including phenoxy) is 1. The van der Waals surface area contributed by atoms with Crippen LogP contribution in [0.15, 0.2) is 47.6 Å². The number of carbonyl (C=O) groups excluding carboxylic acids is 1. The number of nitrogens with zero attached hydrogens (tertiary/aromatic N) is 2. The number of methoxy groups -OCH3 is 1. The first-order chi connectivity index (χ1) is 11.4. The van der Waals surface area contributed by atoms with Crippen molar-refractivity contribution in [3.8, 4) is 5.75 Å². The Kier molecular flexibility index (Phi) is 5.26. The molecule has 124 valence electrons. The second-order valence-electron chi connectivity index (χ2n) is 5.13. The Bertz CT molecular complexity index is 815. The SMILES string of the molecule is COc1cccc(C(C)=NNC(=O)c2ccc([N+](=O)[O-])c(C)c2)c1. The molecule has 0 atom stereocenters. The predicted molar refractivity (Wildman–Crippen MR) is 90.5 cm³/mol. The summed E-state index contributed by atoms with van der Waals surface area (Å²) in [6.45, 7) is 3.34. The highest BCUT2D eigenvalue weighted by molar-refractivity contribution is 6.01. The van der Waals surface area contributed by atoms with Gasteiger partial charge in [0.25, 0.3) is 11.6 Å². The fraction of sp³-hybridized carbons (Fsp3) is 0.176. The van der Waals surface area contributed by atoms with E-state index in [4.69, 9.17) is 4.74 Å².